The zero-order valence-corrected chi connectivity index (χ0v) is 12.5. The van der Waals surface area contributed by atoms with Crippen LogP contribution in [-0.4, -0.2) is 29.6 Å². The van der Waals surface area contributed by atoms with Crippen LogP contribution in [0.1, 0.15) is 55.8 Å². The normalized spacial score (nSPS) is 21.9. The van der Waals surface area contributed by atoms with E-state index in [2.05, 4.69) is 17.1 Å². The van der Waals surface area contributed by atoms with Gasteiger partial charge in [-0.1, -0.05) is 0 Å². The van der Waals surface area contributed by atoms with E-state index < -0.39 is 0 Å². The third-order valence-corrected chi connectivity index (χ3v) is 4.73. The van der Waals surface area contributed by atoms with Crippen LogP contribution >= 0.6 is 0 Å². The van der Waals surface area contributed by atoms with Gasteiger partial charge in [-0.15, -0.1) is 0 Å². The summed E-state index contributed by atoms with van der Waals surface area (Å²) in [5.74, 6) is 4.83. The molecule has 1 heterocycles. The molecule has 108 valence electrons. The van der Waals surface area contributed by atoms with E-state index in [1.165, 1.54) is 56.5 Å². The summed E-state index contributed by atoms with van der Waals surface area (Å²) >= 11 is 0. The fourth-order valence-electron chi connectivity index (χ4n) is 2.94. The smallest absolute Gasteiger partial charge is 0.137 e. The first-order valence-corrected chi connectivity index (χ1v) is 8.09. The summed E-state index contributed by atoms with van der Waals surface area (Å²) in [7, 11) is 1.97. The molecule has 1 aromatic heterocycles. The zero-order chi connectivity index (χ0) is 13.7. The van der Waals surface area contributed by atoms with Gasteiger partial charge in [-0.2, -0.15) is 0 Å². The van der Waals surface area contributed by atoms with Crippen molar-refractivity contribution in [3.05, 3.63) is 11.4 Å². The molecule has 4 rings (SSSR count). The molecule has 3 fully saturated rings. The lowest BCUT2D eigenvalue weighted by molar-refractivity contribution is 0.700. The highest BCUT2D eigenvalue weighted by atomic mass is 15.3. The van der Waals surface area contributed by atoms with Crippen molar-refractivity contribution in [2.45, 2.75) is 57.4 Å². The van der Waals surface area contributed by atoms with Gasteiger partial charge >= 0.3 is 0 Å². The average molecular weight is 272 g/mol. The molecule has 3 aliphatic rings. The number of anilines is 2. The van der Waals surface area contributed by atoms with Crippen LogP contribution in [0.3, 0.4) is 0 Å². The summed E-state index contributed by atoms with van der Waals surface area (Å²) in [5, 5.41) is 3.26. The average Bonchev–Trinajstić information content (AvgIpc) is 3.28. The van der Waals surface area contributed by atoms with Gasteiger partial charge in [0.1, 0.15) is 17.5 Å². The van der Waals surface area contributed by atoms with E-state index in [0.717, 1.165) is 23.6 Å². The van der Waals surface area contributed by atoms with Gasteiger partial charge in [-0.05, 0) is 51.4 Å². The Morgan fingerprint density at radius 2 is 1.85 bits per heavy atom. The molecule has 3 saturated carbocycles. The molecule has 1 N–H and O–H groups in total. The number of nitrogens with one attached hydrogen (secondary N) is 1. The first-order chi connectivity index (χ1) is 9.76. The quantitative estimate of drug-likeness (QED) is 0.864. The number of hydrogen-bond donors (Lipinski definition) is 1. The molecular weight excluding hydrogens is 248 g/mol. The van der Waals surface area contributed by atoms with E-state index in [0.29, 0.717) is 5.92 Å². The molecule has 0 bridgehead atoms. The summed E-state index contributed by atoms with van der Waals surface area (Å²) in [6.45, 7) is 3.37. The molecule has 4 nitrogen and oxygen atoms in total. The van der Waals surface area contributed by atoms with Crippen molar-refractivity contribution in [2.75, 3.05) is 23.8 Å². The van der Waals surface area contributed by atoms with Crippen molar-refractivity contribution in [3.63, 3.8) is 0 Å². The third-order valence-electron chi connectivity index (χ3n) is 4.73. The minimum absolute atomic E-state index is 0.614. The number of rotatable bonds is 6. The van der Waals surface area contributed by atoms with Crippen molar-refractivity contribution in [3.8, 4) is 0 Å². The highest BCUT2D eigenvalue weighted by Gasteiger charge is 2.36. The molecule has 0 saturated heterocycles. The SMILES string of the molecule is CNc1nc(C2CC2)nc(N(CC2CC2)C2CC2)c1C. The molecular formula is C16H24N4. The lowest BCUT2D eigenvalue weighted by Crippen LogP contribution is -2.30. The van der Waals surface area contributed by atoms with Gasteiger partial charge in [-0.25, -0.2) is 9.97 Å². The second kappa shape index (κ2) is 4.61. The van der Waals surface area contributed by atoms with Crippen LogP contribution in [0, 0.1) is 12.8 Å². The molecule has 0 atom stereocenters. The van der Waals surface area contributed by atoms with Crippen LogP contribution in [0.2, 0.25) is 0 Å². The molecule has 0 radical (unpaired) electrons. The summed E-state index contributed by atoms with van der Waals surface area (Å²) in [6.07, 6.45) is 8.01. The van der Waals surface area contributed by atoms with E-state index in [1.54, 1.807) is 0 Å². The predicted octanol–water partition coefficient (Wildman–Crippen LogP) is 3.08. The Labute approximate surface area is 121 Å². The van der Waals surface area contributed by atoms with E-state index in [1.807, 2.05) is 7.05 Å². The molecule has 0 aromatic carbocycles. The molecule has 0 spiro atoms. The molecule has 0 aliphatic heterocycles. The molecule has 3 aliphatic carbocycles. The highest BCUT2D eigenvalue weighted by Crippen LogP contribution is 2.42. The molecule has 0 amide bonds. The van der Waals surface area contributed by atoms with Crippen LogP contribution in [0.15, 0.2) is 0 Å². The van der Waals surface area contributed by atoms with E-state index in [-0.39, 0.29) is 0 Å². The van der Waals surface area contributed by atoms with E-state index in [4.69, 9.17) is 9.97 Å². The first-order valence-electron chi connectivity index (χ1n) is 8.09. The van der Waals surface area contributed by atoms with Crippen molar-refractivity contribution < 1.29 is 0 Å². The summed E-state index contributed by atoms with van der Waals surface area (Å²) in [4.78, 5) is 12.3. The van der Waals surface area contributed by atoms with Gasteiger partial charge in [0.25, 0.3) is 0 Å². The van der Waals surface area contributed by atoms with Gasteiger partial charge in [-0.3, -0.25) is 0 Å². The lowest BCUT2D eigenvalue weighted by atomic mass is 10.2. The molecule has 0 unspecified atom stereocenters. The molecule has 4 heteroatoms. The zero-order valence-electron chi connectivity index (χ0n) is 12.5. The van der Waals surface area contributed by atoms with E-state index >= 15 is 0 Å². The third kappa shape index (κ3) is 2.36. The lowest BCUT2D eigenvalue weighted by Gasteiger charge is -2.26. The fraction of sp³-hybridized carbons (Fsp3) is 0.750. The van der Waals surface area contributed by atoms with Gasteiger partial charge in [0.15, 0.2) is 0 Å². The Balaban J connectivity index is 1.71. The van der Waals surface area contributed by atoms with Crippen LogP contribution < -0.4 is 10.2 Å². The van der Waals surface area contributed by atoms with Crippen LogP contribution in [0.4, 0.5) is 11.6 Å². The monoisotopic (exact) mass is 272 g/mol. The second-order valence-electron chi connectivity index (χ2n) is 6.73. The van der Waals surface area contributed by atoms with Gasteiger partial charge in [0.05, 0.1) is 0 Å². The van der Waals surface area contributed by atoms with Gasteiger partial charge in [0, 0.05) is 31.1 Å². The second-order valence-corrected chi connectivity index (χ2v) is 6.73. The summed E-state index contributed by atoms with van der Waals surface area (Å²) < 4.78 is 0. The van der Waals surface area contributed by atoms with Crippen LogP contribution in [0.5, 0.6) is 0 Å². The van der Waals surface area contributed by atoms with Crippen LogP contribution in [0.25, 0.3) is 0 Å². The predicted molar refractivity (Wildman–Crippen MR) is 81.4 cm³/mol. The number of hydrogen-bond acceptors (Lipinski definition) is 4. The maximum Gasteiger partial charge on any atom is 0.137 e. The van der Waals surface area contributed by atoms with Crippen LogP contribution in [-0.2, 0) is 0 Å². The van der Waals surface area contributed by atoms with Gasteiger partial charge in [0.2, 0.25) is 0 Å². The van der Waals surface area contributed by atoms with Gasteiger partial charge < -0.3 is 10.2 Å². The van der Waals surface area contributed by atoms with Crippen molar-refractivity contribution in [1.82, 2.24) is 9.97 Å². The van der Waals surface area contributed by atoms with Crippen molar-refractivity contribution >= 4 is 11.6 Å². The minimum Gasteiger partial charge on any atom is -0.373 e. The summed E-state index contributed by atoms with van der Waals surface area (Å²) in [6, 6.07) is 0.737. The largest absolute Gasteiger partial charge is 0.373 e. The number of aromatic nitrogens is 2. The maximum absolute atomic E-state index is 4.96. The molecule has 1 aromatic rings. The Kier molecular flexibility index (Phi) is 2.86. The standard InChI is InChI=1S/C16H24N4/c1-10-14(17-2)18-15(12-5-6-12)19-16(10)20(13-7-8-13)9-11-3-4-11/h11-13H,3-9H2,1-2H3,(H,17,18,19). The highest BCUT2D eigenvalue weighted by molar-refractivity contribution is 5.60. The van der Waals surface area contributed by atoms with Crippen molar-refractivity contribution in [1.29, 1.82) is 0 Å². The maximum atomic E-state index is 4.96. The first kappa shape index (κ1) is 12.4. The molecule has 20 heavy (non-hydrogen) atoms. The number of nitrogens with zero attached hydrogens (tertiary/aromatic N) is 3. The Morgan fingerprint density at radius 1 is 1.10 bits per heavy atom. The Morgan fingerprint density at radius 3 is 2.40 bits per heavy atom. The van der Waals surface area contributed by atoms with Crippen molar-refractivity contribution in [2.24, 2.45) is 5.92 Å². The minimum atomic E-state index is 0.614. The summed E-state index contributed by atoms with van der Waals surface area (Å²) in [5.41, 5.74) is 1.23. The Bertz CT molecular complexity index is 515. The Hall–Kier alpha value is -1.32. The fourth-order valence-corrected chi connectivity index (χ4v) is 2.94. The topological polar surface area (TPSA) is 41.1 Å². The van der Waals surface area contributed by atoms with E-state index in [9.17, 15) is 0 Å².